The van der Waals surface area contributed by atoms with Gasteiger partial charge < -0.3 is 0 Å². The third-order valence-corrected chi connectivity index (χ3v) is 2.06. The molecule has 1 aromatic carbocycles. The van der Waals surface area contributed by atoms with E-state index < -0.39 is 0 Å². The molecule has 13 heavy (non-hydrogen) atoms. The zero-order valence-corrected chi connectivity index (χ0v) is 8.31. The lowest BCUT2D eigenvalue weighted by Gasteiger charge is -2.00. The molecule has 0 spiro atoms. The van der Waals surface area contributed by atoms with E-state index >= 15 is 0 Å². The maximum atomic E-state index is 12.8. The molecule has 0 atom stereocenters. The third kappa shape index (κ3) is 3.19. The Labute approximate surface area is 83.0 Å². The van der Waals surface area contributed by atoms with Crippen LogP contribution in [0.3, 0.4) is 0 Å². The highest BCUT2D eigenvalue weighted by Crippen LogP contribution is 2.15. The quantitative estimate of drug-likeness (QED) is 0.647. The van der Waals surface area contributed by atoms with Crippen molar-refractivity contribution in [2.45, 2.75) is 13.3 Å². The van der Waals surface area contributed by atoms with E-state index in [1.165, 1.54) is 12.1 Å². The van der Waals surface area contributed by atoms with Crippen molar-refractivity contribution in [2.24, 2.45) is 0 Å². The maximum absolute atomic E-state index is 12.8. The zero-order chi connectivity index (χ0) is 9.68. The molecule has 0 aliphatic heterocycles. The summed E-state index contributed by atoms with van der Waals surface area (Å²) in [5.74, 6) is 0.406. The minimum absolute atomic E-state index is 0.198. The number of rotatable bonds is 3. The predicted octanol–water partition coefficient (Wildman–Crippen LogP) is 3.86. The lowest BCUT2D eigenvalue weighted by Crippen LogP contribution is -1.82. The molecule has 0 nitrogen and oxygen atoms in total. The molecule has 0 radical (unpaired) electrons. The van der Waals surface area contributed by atoms with Gasteiger partial charge in [0.25, 0.3) is 0 Å². The molecule has 0 saturated carbocycles. The van der Waals surface area contributed by atoms with Crippen molar-refractivity contribution in [1.82, 2.24) is 0 Å². The van der Waals surface area contributed by atoms with Gasteiger partial charge >= 0.3 is 0 Å². The standard InChI is InChI=1S/C11H12ClF/c1-9(4-3-7-12)10-5-2-6-11(13)8-10/h2,4-6,8H,3,7H2,1H3/b9-4+. The second-order valence-electron chi connectivity index (χ2n) is 2.88. The summed E-state index contributed by atoms with van der Waals surface area (Å²) in [5, 5.41) is 0. The molecule has 0 amide bonds. The highest BCUT2D eigenvalue weighted by atomic mass is 35.5. The highest BCUT2D eigenvalue weighted by Gasteiger charge is 1.96. The first-order valence-corrected chi connectivity index (χ1v) is 4.76. The van der Waals surface area contributed by atoms with Crippen LogP contribution in [0.15, 0.2) is 30.3 Å². The number of hydrogen-bond acceptors (Lipinski definition) is 0. The molecule has 0 unspecified atom stereocenters. The summed E-state index contributed by atoms with van der Waals surface area (Å²) in [7, 11) is 0. The number of alkyl halides is 1. The molecule has 2 heteroatoms. The van der Waals surface area contributed by atoms with Gasteiger partial charge in [-0.25, -0.2) is 4.39 Å². The fraction of sp³-hybridized carbons (Fsp3) is 0.273. The second kappa shape index (κ2) is 5.03. The molecule has 70 valence electrons. The van der Waals surface area contributed by atoms with Gasteiger partial charge in [-0.05, 0) is 36.6 Å². The van der Waals surface area contributed by atoms with E-state index in [0.29, 0.717) is 5.88 Å². The molecule has 0 saturated heterocycles. The molecule has 0 aliphatic rings. The fourth-order valence-corrected chi connectivity index (χ4v) is 1.23. The Morgan fingerprint density at radius 3 is 2.92 bits per heavy atom. The largest absolute Gasteiger partial charge is 0.207 e. The van der Waals surface area contributed by atoms with Crippen molar-refractivity contribution in [3.05, 3.63) is 41.7 Å². The summed E-state index contributed by atoms with van der Waals surface area (Å²) >= 11 is 5.55. The highest BCUT2D eigenvalue weighted by molar-refractivity contribution is 6.17. The van der Waals surface area contributed by atoms with Crippen LogP contribution < -0.4 is 0 Å². The van der Waals surface area contributed by atoms with Gasteiger partial charge in [-0.1, -0.05) is 18.2 Å². The molecule has 0 N–H and O–H groups in total. The van der Waals surface area contributed by atoms with Crippen molar-refractivity contribution in [3.63, 3.8) is 0 Å². The summed E-state index contributed by atoms with van der Waals surface area (Å²) in [5.41, 5.74) is 1.99. The van der Waals surface area contributed by atoms with Crippen LogP contribution in [0, 0.1) is 5.82 Å². The van der Waals surface area contributed by atoms with Crippen LogP contribution in [0.5, 0.6) is 0 Å². The molecular formula is C11H12ClF. The Kier molecular flexibility index (Phi) is 3.97. The lowest BCUT2D eigenvalue weighted by atomic mass is 10.1. The third-order valence-electron chi connectivity index (χ3n) is 1.84. The van der Waals surface area contributed by atoms with E-state index in [1.54, 1.807) is 6.07 Å². The summed E-state index contributed by atoms with van der Waals surface area (Å²) in [6.45, 7) is 1.96. The van der Waals surface area contributed by atoms with Crippen molar-refractivity contribution in [2.75, 3.05) is 5.88 Å². The van der Waals surface area contributed by atoms with Gasteiger partial charge in [0.05, 0.1) is 0 Å². The van der Waals surface area contributed by atoms with Crippen LogP contribution in [-0.4, -0.2) is 5.88 Å². The van der Waals surface area contributed by atoms with Crippen LogP contribution in [0.1, 0.15) is 18.9 Å². The molecule has 0 fully saturated rings. The van der Waals surface area contributed by atoms with Crippen molar-refractivity contribution >= 4 is 17.2 Å². The van der Waals surface area contributed by atoms with Gasteiger partial charge in [-0.3, -0.25) is 0 Å². The van der Waals surface area contributed by atoms with Gasteiger partial charge in [0.1, 0.15) is 5.82 Å². The Morgan fingerprint density at radius 1 is 1.54 bits per heavy atom. The lowest BCUT2D eigenvalue weighted by molar-refractivity contribution is 0.627. The topological polar surface area (TPSA) is 0 Å². The molecule has 1 rings (SSSR count). The predicted molar refractivity (Wildman–Crippen MR) is 55.4 cm³/mol. The Balaban J connectivity index is 2.82. The molecule has 0 heterocycles. The zero-order valence-electron chi connectivity index (χ0n) is 7.56. The second-order valence-corrected chi connectivity index (χ2v) is 3.25. The van der Waals surface area contributed by atoms with Gasteiger partial charge in [0.15, 0.2) is 0 Å². The van der Waals surface area contributed by atoms with Gasteiger partial charge in [-0.15, -0.1) is 11.6 Å². The molecular weight excluding hydrogens is 187 g/mol. The van der Waals surface area contributed by atoms with E-state index in [0.717, 1.165) is 17.6 Å². The van der Waals surface area contributed by atoms with Crippen molar-refractivity contribution < 1.29 is 4.39 Å². The van der Waals surface area contributed by atoms with Crippen LogP contribution in [0.25, 0.3) is 5.57 Å². The summed E-state index contributed by atoms with van der Waals surface area (Å²) < 4.78 is 12.8. The van der Waals surface area contributed by atoms with E-state index in [-0.39, 0.29) is 5.82 Å². The average Bonchev–Trinajstić information content (AvgIpc) is 2.14. The Morgan fingerprint density at radius 2 is 2.31 bits per heavy atom. The minimum Gasteiger partial charge on any atom is -0.207 e. The van der Waals surface area contributed by atoms with Crippen molar-refractivity contribution in [1.29, 1.82) is 0 Å². The maximum Gasteiger partial charge on any atom is 0.123 e. The summed E-state index contributed by atoms with van der Waals surface area (Å²) in [6, 6.07) is 6.57. The first-order valence-electron chi connectivity index (χ1n) is 4.22. The molecule has 0 aliphatic carbocycles. The van der Waals surface area contributed by atoms with Crippen molar-refractivity contribution in [3.8, 4) is 0 Å². The minimum atomic E-state index is -0.198. The first-order chi connectivity index (χ1) is 6.24. The Hall–Kier alpha value is -0.820. The number of allylic oxidation sites excluding steroid dienone is 2. The van der Waals surface area contributed by atoms with Crippen LogP contribution in [-0.2, 0) is 0 Å². The average molecular weight is 199 g/mol. The van der Waals surface area contributed by atoms with E-state index in [4.69, 9.17) is 11.6 Å². The van der Waals surface area contributed by atoms with Crippen LogP contribution >= 0.6 is 11.6 Å². The van der Waals surface area contributed by atoms with E-state index in [2.05, 4.69) is 0 Å². The fourth-order valence-electron chi connectivity index (χ4n) is 1.12. The smallest absolute Gasteiger partial charge is 0.123 e. The SMILES string of the molecule is C/C(=C\CCCl)c1cccc(F)c1. The molecule has 0 bridgehead atoms. The number of hydrogen-bond donors (Lipinski definition) is 0. The van der Waals surface area contributed by atoms with E-state index in [1.807, 2.05) is 19.1 Å². The van der Waals surface area contributed by atoms with Crippen LogP contribution in [0.4, 0.5) is 4.39 Å². The van der Waals surface area contributed by atoms with Gasteiger partial charge in [-0.2, -0.15) is 0 Å². The van der Waals surface area contributed by atoms with Gasteiger partial charge in [0.2, 0.25) is 0 Å². The molecule has 1 aromatic rings. The first kappa shape index (κ1) is 10.3. The summed E-state index contributed by atoms with van der Waals surface area (Å²) in [4.78, 5) is 0. The summed E-state index contributed by atoms with van der Waals surface area (Å²) in [6.07, 6.45) is 2.84. The van der Waals surface area contributed by atoms with Gasteiger partial charge in [0, 0.05) is 5.88 Å². The molecule has 0 aromatic heterocycles. The number of benzene rings is 1. The number of halogens is 2. The Bertz CT molecular complexity index is 305. The van der Waals surface area contributed by atoms with Crippen LogP contribution in [0.2, 0.25) is 0 Å². The normalized spacial score (nSPS) is 11.8. The van der Waals surface area contributed by atoms with E-state index in [9.17, 15) is 4.39 Å². The monoisotopic (exact) mass is 198 g/mol.